The van der Waals surface area contributed by atoms with Crippen LogP contribution in [-0.4, -0.2) is 26.3 Å². The molecule has 3 rings (SSSR count). The first-order valence-corrected chi connectivity index (χ1v) is 7.77. The highest BCUT2D eigenvalue weighted by atomic mass is 32.2. The molecule has 5 nitrogen and oxygen atoms in total. The molecule has 0 atom stereocenters. The number of fused-ring (bicyclic) bond motifs is 1. The molecule has 0 unspecified atom stereocenters. The molecule has 21 heavy (non-hydrogen) atoms. The highest BCUT2D eigenvalue weighted by Crippen LogP contribution is 2.31. The van der Waals surface area contributed by atoms with Crippen molar-refractivity contribution in [2.75, 3.05) is 6.54 Å². The third-order valence-electron chi connectivity index (χ3n) is 3.49. The summed E-state index contributed by atoms with van der Waals surface area (Å²) in [7, 11) is 1.96. The van der Waals surface area contributed by atoms with Crippen LogP contribution >= 0.6 is 11.8 Å². The summed E-state index contributed by atoms with van der Waals surface area (Å²) < 4.78 is 1.91. The second-order valence-electron chi connectivity index (χ2n) is 5.20. The van der Waals surface area contributed by atoms with Gasteiger partial charge in [-0.15, -0.1) is 0 Å². The smallest absolute Gasteiger partial charge is 0.172 e. The Bertz CT molecular complexity index is 787. The van der Waals surface area contributed by atoms with E-state index >= 15 is 0 Å². The van der Waals surface area contributed by atoms with Crippen molar-refractivity contribution in [3.8, 4) is 0 Å². The van der Waals surface area contributed by atoms with Crippen LogP contribution in [0.15, 0.2) is 28.4 Å². The first kappa shape index (κ1) is 14.2. The number of imidazole rings is 1. The van der Waals surface area contributed by atoms with E-state index < -0.39 is 0 Å². The highest BCUT2D eigenvalue weighted by molar-refractivity contribution is 7.99. The van der Waals surface area contributed by atoms with Crippen molar-refractivity contribution in [3.63, 3.8) is 0 Å². The van der Waals surface area contributed by atoms with E-state index in [1.807, 2.05) is 24.7 Å². The molecule has 3 N–H and O–H groups in total. The quantitative estimate of drug-likeness (QED) is 0.777. The Hall–Kier alpha value is -1.79. The molecular formula is C15H19N5S. The molecule has 1 aromatic carbocycles. The Kier molecular flexibility index (Phi) is 3.73. The zero-order valence-corrected chi connectivity index (χ0v) is 13.3. The van der Waals surface area contributed by atoms with E-state index in [-0.39, 0.29) is 0 Å². The number of nitrogens with one attached hydrogen (secondary N) is 1. The lowest BCUT2D eigenvalue weighted by atomic mass is 10.2. The number of aromatic nitrogens is 4. The number of rotatable bonds is 4. The molecule has 2 aromatic heterocycles. The molecule has 110 valence electrons. The number of hydrogen-bond acceptors (Lipinski definition) is 4. The van der Waals surface area contributed by atoms with Gasteiger partial charge in [0.15, 0.2) is 5.16 Å². The topological polar surface area (TPSA) is 72.5 Å². The van der Waals surface area contributed by atoms with Crippen molar-refractivity contribution in [2.24, 2.45) is 12.8 Å². The van der Waals surface area contributed by atoms with E-state index in [1.54, 1.807) is 11.8 Å². The number of aryl methyl sites for hydroxylation is 3. The van der Waals surface area contributed by atoms with Gasteiger partial charge in [-0.05, 0) is 56.3 Å². The van der Waals surface area contributed by atoms with Gasteiger partial charge < -0.3 is 10.7 Å². The molecule has 0 aliphatic carbocycles. The van der Waals surface area contributed by atoms with Crippen molar-refractivity contribution in [2.45, 2.75) is 30.5 Å². The molecule has 3 aromatic rings. The summed E-state index contributed by atoms with van der Waals surface area (Å²) in [6.45, 7) is 4.73. The van der Waals surface area contributed by atoms with E-state index in [0.717, 1.165) is 33.3 Å². The van der Waals surface area contributed by atoms with Crippen molar-refractivity contribution in [3.05, 3.63) is 35.0 Å². The average Bonchev–Trinajstić information content (AvgIpc) is 2.94. The van der Waals surface area contributed by atoms with Gasteiger partial charge in [-0.1, -0.05) is 6.07 Å². The van der Waals surface area contributed by atoms with Gasteiger partial charge in [0.1, 0.15) is 5.03 Å². The molecule has 0 saturated heterocycles. The summed E-state index contributed by atoms with van der Waals surface area (Å²) >= 11 is 1.61. The molecule has 0 fully saturated rings. The molecule has 6 heteroatoms. The molecule has 0 aliphatic heterocycles. The van der Waals surface area contributed by atoms with E-state index in [0.29, 0.717) is 6.54 Å². The van der Waals surface area contributed by atoms with Crippen LogP contribution < -0.4 is 5.73 Å². The molecule has 0 radical (unpaired) electrons. The Morgan fingerprint density at radius 3 is 2.90 bits per heavy atom. The molecule has 0 saturated carbocycles. The minimum Gasteiger partial charge on any atom is -0.333 e. The predicted octanol–water partition coefficient (Wildman–Crippen LogP) is 2.57. The summed E-state index contributed by atoms with van der Waals surface area (Å²) in [4.78, 5) is 8.01. The SMILES string of the molecule is Cc1ccc2nc(Sc3c(CCN)c(C)nn3C)[nH]c2c1. The van der Waals surface area contributed by atoms with Crippen LogP contribution in [0.5, 0.6) is 0 Å². The Balaban J connectivity index is 1.98. The Labute approximate surface area is 127 Å². The molecule has 0 bridgehead atoms. The lowest BCUT2D eigenvalue weighted by Crippen LogP contribution is -2.04. The molecular weight excluding hydrogens is 282 g/mol. The Morgan fingerprint density at radius 2 is 2.14 bits per heavy atom. The standard InChI is InChI=1S/C15H19N5S/c1-9-4-5-12-13(8-9)18-15(17-12)21-14-11(6-7-16)10(2)19-20(14)3/h4-5,8H,6-7,16H2,1-3H3,(H,17,18). The van der Waals surface area contributed by atoms with Crippen LogP contribution in [-0.2, 0) is 13.5 Å². The van der Waals surface area contributed by atoms with E-state index in [9.17, 15) is 0 Å². The second-order valence-corrected chi connectivity index (χ2v) is 6.17. The Morgan fingerprint density at radius 1 is 1.33 bits per heavy atom. The van der Waals surface area contributed by atoms with E-state index in [2.05, 4.69) is 34.1 Å². The second kappa shape index (κ2) is 5.54. The number of nitrogens with two attached hydrogens (primary N) is 1. The molecule has 0 spiro atoms. The van der Waals surface area contributed by atoms with Gasteiger partial charge >= 0.3 is 0 Å². The fourth-order valence-electron chi connectivity index (χ4n) is 2.48. The van der Waals surface area contributed by atoms with Gasteiger partial charge in [-0.3, -0.25) is 4.68 Å². The van der Waals surface area contributed by atoms with Crippen LogP contribution in [0.4, 0.5) is 0 Å². The van der Waals surface area contributed by atoms with E-state index in [4.69, 9.17) is 5.73 Å². The minimum atomic E-state index is 0.624. The summed E-state index contributed by atoms with van der Waals surface area (Å²) in [6.07, 6.45) is 0.835. The molecule has 0 aliphatic rings. The van der Waals surface area contributed by atoms with Crippen molar-refractivity contribution in [1.29, 1.82) is 0 Å². The first-order valence-electron chi connectivity index (χ1n) is 6.95. The highest BCUT2D eigenvalue weighted by Gasteiger charge is 2.15. The van der Waals surface area contributed by atoms with Crippen molar-refractivity contribution >= 4 is 22.8 Å². The number of nitrogens with zero attached hydrogens (tertiary/aromatic N) is 3. The lowest BCUT2D eigenvalue weighted by molar-refractivity contribution is 0.687. The summed E-state index contributed by atoms with van der Waals surface area (Å²) in [5.74, 6) is 0. The third-order valence-corrected chi connectivity index (χ3v) is 4.58. The largest absolute Gasteiger partial charge is 0.333 e. The van der Waals surface area contributed by atoms with Gasteiger partial charge in [0, 0.05) is 12.6 Å². The summed E-state index contributed by atoms with van der Waals surface area (Å²) in [5.41, 5.74) is 11.2. The van der Waals surface area contributed by atoms with Crippen LogP contribution in [0.1, 0.15) is 16.8 Å². The first-order chi connectivity index (χ1) is 10.1. The van der Waals surface area contributed by atoms with Crippen LogP contribution in [0, 0.1) is 13.8 Å². The number of H-pyrrole nitrogens is 1. The van der Waals surface area contributed by atoms with Crippen LogP contribution in [0.3, 0.4) is 0 Å². The van der Waals surface area contributed by atoms with Gasteiger partial charge in [-0.2, -0.15) is 5.10 Å². The van der Waals surface area contributed by atoms with Gasteiger partial charge in [-0.25, -0.2) is 4.98 Å². The van der Waals surface area contributed by atoms with E-state index in [1.165, 1.54) is 11.1 Å². The maximum absolute atomic E-state index is 5.71. The molecule has 2 heterocycles. The van der Waals surface area contributed by atoms with Crippen LogP contribution in [0.2, 0.25) is 0 Å². The monoisotopic (exact) mass is 301 g/mol. The lowest BCUT2D eigenvalue weighted by Gasteiger charge is -2.03. The van der Waals surface area contributed by atoms with Gasteiger partial charge in [0.25, 0.3) is 0 Å². The fourth-order valence-corrected chi connectivity index (χ4v) is 3.51. The summed E-state index contributed by atoms with van der Waals surface area (Å²) in [6, 6.07) is 6.23. The zero-order valence-electron chi connectivity index (χ0n) is 12.5. The number of hydrogen-bond donors (Lipinski definition) is 2. The molecule has 0 amide bonds. The fraction of sp³-hybridized carbons (Fsp3) is 0.333. The zero-order chi connectivity index (χ0) is 15.0. The number of aromatic amines is 1. The third kappa shape index (κ3) is 2.69. The van der Waals surface area contributed by atoms with Crippen molar-refractivity contribution in [1.82, 2.24) is 19.7 Å². The summed E-state index contributed by atoms with van der Waals surface area (Å²) in [5, 5.41) is 6.48. The predicted molar refractivity (Wildman–Crippen MR) is 85.7 cm³/mol. The number of benzene rings is 1. The minimum absolute atomic E-state index is 0.624. The maximum atomic E-state index is 5.71. The van der Waals surface area contributed by atoms with Gasteiger partial charge in [0.05, 0.1) is 16.7 Å². The van der Waals surface area contributed by atoms with Crippen LogP contribution in [0.25, 0.3) is 11.0 Å². The normalized spacial score (nSPS) is 11.4. The van der Waals surface area contributed by atoms with Crippen molar-refractivity contribution < 1.29 is 0 Å². The maximum Gasteiger partial charge on any atom is 0.172 e. The average molecular weight is 301 g/mol. The van der Waals surface area contributed by atoms with Gasteiger partial charge in [0.2, 0.25) is 0 Å².